The Kier molecular flexibility index (Phi) is 6.70. The summed E-state index contributed by atoms with van der Waals surface area (Å²) in [6, 6.07) is 20.7. The van der Waals surface area contributed by atoms with Gasteiger partial charge in [-0.2, -0.15) is 0 Å². The summed E-state index contributed by atoms with van der Waals surface area (Å²) >= 11 is 0. The molecule has 180 valence electrons. The smallest absolute Gasteiger partial charge is 0.285 e. The average molecular weight is 491 g/mol. The molecule has 0 saturated carbocycles. The van der Waals surface area contributed by atoms with Gasteiger partial charge in [0.1, 0.15) is 6.54 Å². The number of benzene rings is 3. The second-order valence-electron chi connectivity index (χ2n) is 8.15. The first kappa shape index (κ1) is 24.2. The Morgan fingerprint density at radius 1 is 1.00 bits per heavy atom. The van der Waals surface area contributed by atoms with E-state index in [1.165, 1.54) is 12.1 Å². The highest BCUT2D eigenvalue weighted by atomic mass is 32.2. The van der Waals surface area contributed by atoms with Gasteiger partial charge in [-0.05, 0) is 43.2 Å². The predicted molar refractivity (Wildman–Crippen MR) is 136 cm³/mol. The molecule has 0 aliphatic heterocycles. The van der Waals surface area contributed by atoms with E-state index in [4.69, 9.17) is 0 Å². The Morgan fingerprint density at radius 2 is 1.66 bits per heavy atom. The van der Waals surface area contributed by atoms with Gasteiger partial charge in [-0.1, -0.05) is 61.0 Å². The first-order valence-corrected chi connectivity index (χ1v) is 12.6. The summed E-state index contributed by atoms with van der Waals surface area (Å²) in [6.07, 6.45) is 0.579. The van der Waals surface area contributed by atoms with Crippen molar-refractivity contribution in [3.63, 3.8) is 0 Å². The van der Waals surface area contributed by atoms with E-state index in [0.29, 0.717) is 17.5 Å². The fraction of sp³-hybridized carbons (Fsp3) is 0.192. The minimum atomic E-state index is -4.06. The number of rotatable bonds is 7. The number of aromatic nitrogens is 1. The number of fused-ring (bicyclic) bond motifs is 1. The van der Waals surface area contributed by atoms with Gasteiger partial charge in [0.15, 0.2) is 5.69 Å². The molecule has 0 radical (unpaired) electrons. The lowest BCUT2D eigenvalue weighted by Crippen LogP contribution is -2.36. The molecule has 0 bridgehead atoms. The summed E-state index contributed by atoms with van der Waals surface area (Å²) in [4.78, 5) is 13.0. The lowest BCUT2D eigenvalue weighted by atomic mass is 10.1. The fourth-order valence-corrected chi connectivity index (χ4v) is 5.36. The molecule has 0 saturated heterocycles. The zero-order valence-electron chi connectivity index (χ0n) is 19.7. The average Bonchev–Trinajstić information content (AvgIpc) is 3.11. The van der Waals surface area contributed by atoms with Crippen LogP contribution in [0.5, 0.6) is 5.88 Å². The van der Waals surface area contributed by atoms with Crippen molar-refractivity contribution >= 4 is 38.2 Å². The van der Waals surface area contributed by atoms with Gasteiger partial charge in [0.05, 0.1) is 16.1 Å². The lowest BCUT2D eigenvalue weighted by Gasteiger charge is -2.25. The zero-order chi connectivity index (χ0) is 25.2. The molecule has 0 spiro atoms. The zero-order valence-corrected chi connectivity index (χ0v) is 20.5. The van der Waals surface area contributed by atoms with E-state index in [0.717, 1.165) is 20.9 Å². The molecule has 1 amide bonds. The molecule has 0 aliphatic carbocycles. The Labute approximate surface area is 204 Å². The van der Waals surface area contributed by atoms with Crippen molar-refractivity contribution in [1.29, 1.82) is 0 Å². The fourth-order valence-electron chi connectivity index (χ4n) is 3.91. The molecule has 8 nitrogen and oxygen atoms in total. The van der Waals surface area contributed by atoms with Gasteiger partial charge in [0.2, 0.25) is 5.88 Å². The van der Waals surface area contributed by atoms with Crippen molar-refractivity contribution in [2.75, 3.05) is 10.8 Å². The van der Waals surface area contributed by atoms with Crippen LogP contribution in [-0.4, -0.2) is 30.5 Å². The molecular weight excluding hydrogens is 464 g/mol. The van der Waals surface area contributed by atoms with Crippen LogP contribution in [0.25, 0.3) is 10.9 Å². The molecule has 0 atom stereocenters. The maximum atomic E-state index is 13.6. The van der Waals surface area contributed by atoms with Crippen LogP contribution in [-0.2, 0) is 28.3 Å². The van der Waals surface area contributed by atoms with Gasteiger partial charge in [0, 0.05) is 12.4 Å². The normalized spacial score (nSPS) is 11.9. The predicted octanol–water partition coefficient (Wildman–Crippen LogP) is 5.26. The quantitative estimate of drug-likeness (QED) is 0.357. The van der Waals surface area contributed by atoms with Crippen LogP contribution in [0.1, 0.15) is 18.1 Å². The number of hydrogen-bond donors (Lipinski definition) is 1. The van der Waals surface area contributed by atoms with Gasteiger partial charge in [-0.3, -0.25) is 9.10 Å². The maximum absolute atomic E-state index is 13.6. The standard InChI is InChI=1S/C26H26N4O4S/c1-4-19-9-5-7-11-22(19)30(35(33,34)20-15-13-18(2)14-16-20)17-24(31)27-28-25-21-10-6-8-12-23(21)29(3)26(25)32/h5-16,32H,4,17H2,1-3H3. The first-order valence-electron chi connectivity index (χ1n) is 11.1. The second kappa shape index (κ2) is 9.71. The van der Waals surface area contributed by atoms with Gasteiger partial charge in [-0.15, -0.1) is 10.2 Å². The number of hydrogen-bond acceptors (Lipinski definition) is 5. The van der Waals surface area contributed by atoms with Gasteiger partial charge < -0.3 is 9.67 Å². The number of carbonyl (C=O) groups is 1. The Bertz CT molecular complexity index is 1520. The first-order chi connectivity index (χ1) is 16.7. The molecule has 1 N–H and O–H groups in total. The third kappa shape index (κ3) is 4.67. The molecule has 4 rings (SSSR count). The van der Waals surface area contributed by atoms with E-state index in [1.807, 2.05) is 38.1 Å². The number of azo groups is 1. The van der Waals surface area contributed by atoms with Crippen LogP contribution in [0.3, 0.4) is 0 Å². The lowest BCUT2D eigenvalue weighted by molar-refractivity contribution is -0.116. The van der Waals surface area contributed by atoms with E-state index >= 15 is 0 Å². The number of amides is 1. The van der Waals surface area contributed by atoms with Crippen molar-refractivity contribution in [3.05, 3.63) is 83.9 Å². The summed E-state index contributed by atoms with van der Waals surface area (Å²) in [7, 11) is -2.39. The summed E-state index contributed by atoms with van der Waals surface area (Å²) < 4.78 is 29.8. The molecule has 9 heteroatoms. The molecule has 0 unspecified atom stereocenters. The van der Waals surface area contributed by atoms with Crippen molar-refractivity contribution in [1.82, 2.24) is 4.57 Å². The number of aryl methyl sites for hydroxylation is 3. The summed E-state index contributed by atoms with van der Waals surface area (Å²) in [6.45, 7) is 3.25. The largest absolute Gasteiger partial charge is 0.493 e. The summed E-state index contributed by atoms with van der Waals surface area (Å²) in [5.74, 6) is -0.901. The van der Waals surface area contributed by atoms with E-state index < -0.39 is 22.5 Å². The molecular formula is C26H26N4O4S. The molecule has 3 aromatic carbocycles. The summed E-state index contributed by atoms with van der Waals surface area (Å²) in [5, 5.41) is 18.8. The number of carbonyl (C=O) groups excluding carboxylic acids is 1. The van der Waals surface area contributed by atoms with E-state index in [2.05, 4.69) is 10.2 Å². The molecule has 35 heavy (non-hydrogen) atoms. The second-order valence-corrected chi connectivity index (χ2v) is 10.0. The van der Waals surface area contributed by atoms with Crippen molar-refractivity contribution < 1.29 is 18.3 Å². The third-order valence-corrected chi connectivity index (χ3v) is 7.61. The number of para-hydroxylation sites is 2. The van der Waals surface area contributed by atoms with Crippen molar-refractivity contribution in [2.24, 2.45) is 17.3 Å². The van der Waals surface area contributed by atoms with Gasteiger partial charge in [-0.25, -0.2) is 8.42 Å². The highest BCUT2D eigenvalue weighted by Gasteiger charge is 2.28. The molecule has 4 aromatic rings. The van der Waals surface area contributed by atoms with Crippen LogP contribution in [0, 0.1) is 6.92 Å². The van der Waals surface area contributed by atoms with Crippen molar-refractivity contribution in [3.8, 4) is 5.88 Å². The van der Waals surface area contributed by atoms with Crippen LogP contribution >= 0.6 is 0 Å². The minimum absolute atomic E-state index is 0.0745. The Balaban J connectivity index is 1.72. The summed E-state index contributed by atoms with van der Waals surface area (Å²) in [5.41, 5.74) is 2.99. The van der Waals surface area contributed by atoms with Crippen LogP contribution in [0.4, 0.5) is 11.4 Å². The molecule has 1 aromatic heterocycles. The molecule has 0 aliphatic rings. The van der Waals surface area contributed by atoms with E-state index in [-0.39, 0.29) is 16.5 Å². The molecule has 1 heterocycles. The number of sulfonamides is 1. The minimum Gasteiger partial charge on any atom is -0.493 e. The van der Waals surface area contributed by atoms with Crippen LogP contribution < -0.4 is 4.31 Å². The highest BCUT2D eigenvalue weighted by molar-refractivity contribution is 7.92. The van der Waals surface area contributed by atoms with E-state index in [1.54, 1.807) is 48.0 Å². The molecule has 0 fully saturated rings. The highest BCUT2D eigenvalue weighted by Crippen LogP contribution is 2.37. The monoisotopic (exact) mass is 490 g/mol. The Morgan fingerprint density at radius 3 is 2.37 bits per heavy atom. The Hall–Kier alpha value is -3.98. The van der Waals surface area contributed by atoms with Crippen LogP contribution in [0.15, 0.2) is 87.9 Å². The number of anilines is 1. The maximum Gasteiger partial charge on any atom is 0.285 e. The van der Waals surface area contributed by atoms with Crippen molar-refractivity contribution in [2.45, 2.75) is 25.2 Å². The van der Waals surface area contributed by atoms with Gasteiger partial charge in [0.25, 0.3) is 15.9 Å². The third-order valence-electron chi connectivity index (χ3n) is 5.84. The van der Waals surface area contributed by atoms with Gasteiger partial charge >= 0.3 is 0 Å². The SMILES string of the molecule is CCc1ccccc1N(CC(=O)N=Nc1c(O)n(C)c2ccccc12)S(=O)(=O)c1ccc(C)cc1. The number of nitrogens with zero attached hydrogens (tertiary/aromatic N) is 4. The van der Waals surface area contributed by atoms with E-state index in [9.17, 15) is 18.3 Å². The topological polar surface area (TPSA) is 104 Å². The van der Waals surface area contributed by atoms with Crippen LogP contribution in [0.2, 0.25) is 0 Å². The number of aromatic hydroxyl groups is 1.